The molecule has 8 heteroatoms. The van der Waals surface area contributed by atoms with Gasteiger partial charge in [-0.05, 0) is 6.92 Å². The molecule has 0 radical (unpaired) electrons. The maximum absolute atomic E-state index is 10.7. The van der Waals surface area contributed by atoms with E-state index in [0.29, 0.717) is 17.5 Å². The number of aliphatic carboxylic acids is 1. The topological polar surface area (TPSA) is 98.5 Å². The Morgan fingerprint density at radius 3 is 2.94 bits per heavy atom. The molecule has 0 aromatic rings. The average molecular weight is 243 g/mol. The molecule has 0 atom stereocenters. The van der Waals surface area contributed by atoms with Gasteiger partial charge in [-0.3, -0.25) is 10.4 Å². The molecular formula is C8H11N4O3S-. The van der Waals surface area contributed by atoms with Gasteiger partial charge in [-0.25, -0.2) is 0 Å². The van der Waals surface area contributed by atoms with Crippen LogP contribution in [0.3, 0.4) is 0 Å². The molecule has 0 spiro atoms. The first-order valence-corrected chi connectivity index (χ1v) is 5.50. The highest BCUT2D eigenvalue weighted by Crippen LogP contribution is 2.09. The number of hydrogen-bond donors (Lipinski definition) is 1. The molecule has 88 valence electrons. The highest BCUT2D eigenvalue weighted by atomic mass is 32.2. The molecule has 1 rings (SSSR count). The summed E-state index contributed by atoms with van der Waals surface area (Å²) in [6.07, 6.45) is 0. The highest BCUT2D eigenvalue weighted by molar-refractivity contribution is 8.14. The van der Waals surface area contributed by atoms with Crippen molar-refractivity contribution in [3.05, 3.63) is 0 Å². The summed E-state index contributed by atoms with van der Waals surface area (Å²) < 4.78 is 0. The molecule has 0 saturated carbocycles. The zero-order chi connectivity index (χ0) is 12.0. The number of oxime groups is 1. The molecule has 0 unspecified atom stereocenters. The predicted molar refractivity (Wildman–Crippen MR) is 60.5 cm³/mol. The summed E-state index contributed by atoms with van der Waals surface area (Å²) in [4.78, 5) is 19.2. The molecule has 16 heavy (non-hydrogen) atoms. The smallest absolute Gasteiger partial charge is 0.177 e. The molecule has 1 aliphatic rings. The van der Waals surface area contributed by atoms with Gasteiger partial charge in [-0.2, -0.15) is 5.10 Å². The third kappa shape index (κ3) is 3.23. The first-order valence-electron chi connectivity index (χ1n) is 4.51. The molecular weight excluding hydrogens is 232 g/mol. The molecule has 1 N–H and O–H groups in total. The number of carbonyl (C=O) groups is 1. The van der Waals surface area contributed by atoms with Gasteiger partial charge in [0.1, 0.15) is 18.5 Å². The molecule has 0 bridgehead atoms. The molecule has 0 saturated heterocycles. The zero-order valence-electron chi connectivity index (χ0n) is 8.89. The number of rotatable bonds is 4. The van der Waals surface area contributed by atoms with Crippen molar-refractivity contribution in [1.82, 2.24) is 5.43 Å². The van der Waals surface area contributed by atoms with Crippen molar-refractivity contribution < 1.29 is 14.7 Å². The van der Waals surface area contributed by atoms with Crippen LogP contribution in [0.1, 0.15) is 6.92 Å². The summed E-state index contributed by atoms with van der Waals surface area (Å²) in [5, 5.41) is 18.6. The summed E-state index contributed by atoms with van der Waals surface area (Å²) in [6.45, 7) is 2.53. The summed E-state index contributed by atoms with van der Waals surface area (Å²) >= 11 is 1.35. The number of carboxylic acid groups (broad SMARTS) is 1. The van der Waals surface area contributed by atoms with Gasteiger partial charge in [-0.15, -0.1) is 0 Å². The largest absolute Gasteiger partial charge is 0.543 e. The number of carboxylic acids is 1. The van der Waals surface area contributed by atoms with E-state index in [2.05, 4.69) is 25.5 Å². The molecule has 0 fully saturated rings. The lowest BCUT2D eigenvalue weighted by Crippen LogP contribution is -2.41. The summed E-state index contributed by atoms with van der Waals surface area (Å²) in [5.41, 5.74) is 2.60. The van der Waals surface area contributed by atoms with Crippen LogP contribution in [0.4, 0.5) is 0 Å². The van der Waals surface area contributed by atoms with Crippen LogP contribution >= 0.6 is 11.8 Å². The van der Waals surface area contributed by atoms with Gasteiger partial charge in [0.15, 0.2) is 5.17 Å². The van der Waals surface area contributed by atoms with Gasteiger partial charge in [0, 0.05) is 12.3 Å². The van der Waals surface area contributed by atoms with Gasteiger partial charge in [-0.1, -0.05) is 16.9 Å². The van der Waals surface area contributed by atoms with Crippen molar-refractivity contribution in [2.45, 2.75) is 6.92 Å². The Kier molecular flexibility index (Phi) is 4.77. The van der Waals surface area contributed by atoms with Crippen molar-refractivity contribution in [1.29, 1.82) is 0 Å². The number of nitrogens with zero attached hydrogens (tertiary/aromatic N) is 3. The minimum Gasteiger partial charge on any atom is -0.543 e. The quantitative estimate of drug-likeness (QED) is 0.494. The van der Waals surface area contributed by atoms with Gasteiger partial charge < -0.3 is 14.7 Å². The summed E-state index contributed by atoms with van der Waals surface area (Å²) in [6, 6.07) is 0. The molecule has 0 aromatic heterocycles. The van der Waals surface area contributed by atoms with Crippen LogP contribution in [0.15, 0.2) is 15.2 Å². The number of thioether (sulfide) groups is 1. The monoisotopic (exact) mass is 243 g/mol. The second kappa shape index (κ2) is 6.11. The third-order valence-electron chi connectivity index (χ3n) is 1.58. The number of aliphatic imine (C=N–C) groups is 1. The molecule has 1 aliphatic heterocycles. The maximum Gasteiger partial charge on any atom is 0.177 e. The number of nitrogens with one attached hydrogen (secondary N) is 1. The van der Waals surface area contributed by atoms with E-state index in [0.717, 1.165) is 0 Å². The average Bonchev–Trinajstić information content (AvgIpc) is 2.27. The standard InChI is InChI=1S/C8H12N4O3S/c1-3-9-8-11-10-5(4-16-8)6(7(13)14)12-15-2/h3-4H2,1-2H3,(H,9,11)(H,13,14)/p-1/b12-6+. The predicted octanol–water partition coefficient (Wildman–Crippen LogP) is -1.19. The van der Waals surface area contributed by atoms with E-state index in [9.17, 15) is 9.90 Å². The van der Waals surface area contributed by atoms with E-state index in [1.807, 2.05) is 6.92 Å². The van der Waals surface area contributed by atoms with Crippen LogP contribution in [0.25, 0.3) is 0 Å². The Labute approximate surface area is 96.6 Å². The second-order valence-electron chi connectivity index (χ2n) is 2.65. The van der Waals surface area contributed by atoms with E-state index in [-0.39, 0.29) is 11.4 Å². The lowest BCUT2D eigenvalue weighted by molar-refractivity contribution is -0.294. The van der Waals surface area contributed by atoms with Crippen LogP contribution in [0.2, 0.25) is 0 Å². The van der Waals surface area contributed by atoms with Crippen LogP contribution in [0, 0.1) is 0 Å². The first kappa shape index (κ1) is 12.5. The third-order valence-corrected chi connectivity index (χ3v) is 2.49. The van der Waals surface area contributed by atoms with Crippen molar-refractivity contribution in [3.63, 3.8) is 0 Å². The fourth-order valence-corrected chi connectivity index (χ4v) is 1.77. The van der Waals surface area contributed by atoms with E-state index in [1.54, 1.807) is 0 Å². The van der Waals surface area contributed by atoms with Crippen molar-refractivity contribution in [2.24, 2.45) is 15.2 Å². The fourth-order valence-electron chi connectivity index (χ4n) is 0.962. The van der Waals surface area contributed by atoms with Gasteiger partial charge >= 0.3 is 0 Å². The van der Waals surface area contributed by atoms with E-state index >= 15 is 0 Å². The second-order valence-corrected chi connectivity index (χ2v) is 3.61. The zero-order valence-corrected chi connectivity index (χ0v) is 9.71. The van der Waals surface area contributed by atoms with Gasteiger partial charge in [0.2, 0.25) is 0 Å². The first-order chi connectivity index (χ1) is 7.69. The Morgan fingerprint density at radius 2 is 2.50 bits per heavy atom. The van der Waals surface area contributed by atoms with E-state index in [4.69, 9.17) is 0 Å². The van der Waals surface area contributed by atoms with E-state index < -0.39 is 5.97 Å². The van der Waals surface area contributed by atoms with Crippen LogP contribution in [-0.4, -0.2) is 42.0 Å². The van der Waals surface area contributed by atoms with Crippen LogP contribution < -0.4 is 10.5 Å². The Morgan fingerprint density at radius 1 is 1.75 bits per heavy atom. The number of hydrazone groups is 1. The van der Waals surface area contributed by atoms with Crippen LogP contribution in [-0.2, 0) is 9.63 Å². The van der Waals surface area contributed by atoms with Crippen LogP contribution in [0.5, 0.6) is 0 Å². The molecule has 1 heterocycles. The summed E-state index contributed by atoms with van der Waals surface area (Å²) in [5.74, 6) is -1.05. The normalized spacial score (nSPS) is 19.0. The van der Waals surface area contributed by atoms with Crippen molar-refractivity contribution >= 4 is 34.3 Å². The lowest BCUT2D eigenvalue weighted by atomic mass is 10.2. The highest BCUT2D eigenvalue weighted by Gasteiger charge is 2.17. The lowest BCUT2D eigenvalue weighted by Gasteiger charge is -2.15. The number of carbonyl (C=O) groups excluding carboxylic acids is 1. The molecule has 0 aromatic carbocycles. The molecule has 0 amide bonds. The Hall–Kier alpha value is -1.57. The fraction of sp³-hybridized carbons (Fsp3) is 0.500. The molecule has 0 aliphatic carbocycles. The van der Waals surface area contributed by atoms with Gasteiger partial charge in [0.05, 0.1) is 5.97 Å². The Balaban J connectivity index is 2.80. The van der Waals surface area contributed by atoms with Crippen molar-refractivity contribution in [2.75, 3.05) is 19.4 Å². The van der Waals surface area contributed by atoms with Crippen molar-refractivity contribution in [3.8, 4) is 0 Å². The minimum absolute atomic E-state index is 0.266. The number of amidine groups is 1. The van der Waals surface area contributed by atoms with Gasteiger partial charge in [0.25, 0.3) is 0 Å². The molecule has 7 nitrogen and oxygen atoms in total. The number of hydrogen-bond acceptors (Lipinski definition) is 7. The Bertz CT molecular complexity index is 364. The maximum atomic E-state index is 10.7. The summed E-state index contributed by atoms with van der Waals surface area (Å²) in [7, 11) is 1.26. The minimum atomic E-state index is -1.42. The van der Waals surface area contributed by atoms with E-state index in [1.165, 1.54) is 18.9 Å². The SMILES string of the molecule is CCN=C1NN=C(/C(=N\OC)C(=O)[O-])CS1.